The molecule has 5 nitrogen and oxygen atoms in total. The van der Waals surface area contributed by atoms with Gasteiger partial charge in [0.25, 0.3) is 0 Å². The van der Waals surface area contributed by atoms with Gasteiger partial charge in [0, 0.05) is 38.6 Å². The van der Waals surface area contributed by atoms with Crippen LogP contribution < -0.4 is 5.32 Å². The lowest BCUT2D eigenvalue weighted by molar-refractivity contribution is -0.136. The van der Waals surface area contributed by atoms with Gasteiger partial charge in [-0.25, -0.2) is 4.79 Å². The molecule has 0 bridgehead atoms. The van der Waals surface area contributed by atoms with Gasteiger partial charge in [-0.05, 0) is 50.4 Å². The summed E-state index contributed by atoms with van der Waals surface area (Å²) in [6, 6.07) is 0.0771. The van der Waals surface area contributed by atoms with Crippen LogP contribution in [0.5, 0.6) is 0 Å². The lowest BCUT2D eigenvalue weighted by Crippen LogP contribution is -2.48. The topological polar surface area (TPSA) is 52.7 Å². The molecule has 2 aliphatic heterocycles. The molecule has 0 unspecified atom stereocenters. The highest BCUT2D eigenvalue weighted by molar-refractivity contribution is 5.80. The maximum Gasteiger partial charge on any atom is 0.317 e. The van der Waals surface area contributed by atoms with E-state index in [-0.39, 0.29) is 11.9 Å². The molecule has 3 amide bonds. The van der Waals surface area contributed by atoms with Gasteiger partial charge in [-0.2, -0.15) is 0 Å². The Morgan fingerprint density at radius 2 is 1.37 bits per heavy atom. The third kappa shape index (κ3) is 5.86. The van der Waals surface area contributed by atoms with Crippen LogP contribution in [0.25, 0.3) is 0 Å². The Balaban J connectivity index is 1.36. The molecule has 0 aromatic rings. The fraction of sp³-hybridized carbons (Fsp3) is 0.909. The second kappa shape index (κ2) is 10.3. The van der Waals surface area contributed by atoms with Gasteiger partial charge in [0.1, 0.15) is 0 Å². The zero-order valence-electron chi connectivity index (χ0n) is 17.3. The molecule has 3 aliphatic rings. The fourth-order valence-electron chi connectivity index (χ4n) is 5.07. The molecule has 1 N–H and O–H groups in total. The summed E-state index contributed by atoms with van der Waals surface area (Å²) in [6.45, 7) is 6.41. The SMILES string of the molecule is CCC1CCC(CNC(=O)N2CCC(C(=O)N3CCCCCC3)CC2)CC1. The highest BCUT2D eigenvalue weighted by Crippen LogP contribution is 2.30. The monoisotopic (exact) mass is 377 g/mol. The summed E-state index contributed by atoms with van der Waals surface area (Å²) in [7, 11) is 0. The van der Waals surface area contributed by atoms with Crippen LogP contribution in [0.1, 0.15) is 77.6 Å². The first-order chi connectivity index (χ1) is 13.2. The quantitative estimate of drug-likeness (QED) is 0.804. The molecule has 0 aromatic carbocycles. The van der Waals surface area contributed by atoms with Gasteiger partial charge in [-0.1, -0.05) is 39.0 Å². The van der Waals surface area contributed by atoms with E-state index in [1.807, 2.05) is 4.90 Å². The van der Waals surface area contributed by atoms with E-state index in [0.29, 0.717) is 11.8 Å². The second-order valence-electron chi connectivity index (χ2n) is 8.98. The molecule has 27 heavy (non-hydrogen) atoms. The number of piperidine rings is 1. The van der Waals surface area contributed by atoms with Crippen molar-refractivity contribution in [2.45, 2.75) is 77.6 Å². The average Bonchev–Trinajstić information content (AvgIpc) is 3.01. The summed E-state index contributed by atoms with van der Waals surface area (Å²) in [5, 5.41) is 3.16. The minimum Gasteiger partial charge on any atom is -0.342 e. The normalized spacial score (nSPS) is 27.9. The maximum atomic E-state index is 12.8. The molecule has 0 atom stereocenters. The zero-order valence-corrected chi connectivity index (χ0v) is 17.3. The molecule has 0 spiro atoms. The van der Waals surface area contributed by atoms with Crippen LogP contribution >= 0.6 is 0 Å². The lowest BCUT2D eigenvalue weighted by atomic mass is 9.81. The van der Waals surface area contributed by atoms with Crippen molar-refractivity contribution in [3.8, 4) is 0 Å². The number of nitrogens with one attached hydrogen (secondary N) is 1. The Labute approximate surface area is 165 Å². The van der Waals surface area contributed by atoms with Crippen molar-refractivity contribution in [3.63, 3.8) is 0 Å². The van der Waals surface area contributed by atoms with E-state index in [1.54, 1.807) is 0 Å². The summed E-state index contributed by atoms with van der Waals surface area (Å²) in [5.74, 6) is 2.01. The predicted molar refractivity (Wildman–Crippen MR) is 108 cm³/mol. The van der Waals surface area contributed by atoms with Crippen LogP contribution in [0.2, 0.25) is 0 Å². The number of carbonyl (C=O) groups is 2. The molecular weight excluding hydrogens is 338 g/mol. The van der Waals surface area contributed by atoms with Gasteiger partial charge < -0.3 is 15.1 Å². The van der Waals surface area contributed by atoms with Gasteiger partial charge >= 0.3 is 6.03 Å². The Bertz CT molecular complexity index is 472. The second-order valence-corrected chi connectivity index (χ2v) is 8.98. The molecule has 0 radical (unpaired) electrons. The van der Waals surface area contributed by atoms with Crippen molar-refractivity contribution in [1.29, 1.82) is 0 Å². The van der Waals surface area contributed by atoms with Gasteiger partial charge in [-0.15, -0.1) is 0 Å². The maximum absolute atomic E-state index is 12.8. The van der Waals surface area contributed by atoms with Crippen molar-refractivity contribution in [3.05, 3.63) is 0 Å². The Morgan fingerprint density at radius 3 is 1.96 bits per heavy atom. The van der Waals surface area contributed by atoms with Gasteiger partial charge in [0.2, 0.25) is 5.91 Å². The highest BCUT2D eigenvalue weighted by Gasteiger charge is 2.30. The van der Waals surface area contributed by atoms with E-state index in [9.17, 15) is 9.59 Å². The largest absolute Gasteiger partial charge is 0.342 e. The summed E-state index contributed by atoms with van der Waals surface area (Å²) >= 11 is 0. The van der Waals surface area contributed by atoms with Crippen molar-refractivity contribution < 1.29 is 9.59 Å². The number of hydrogen-bond donors (Lipinski definition) is 1. The Kier molecular flexibility index (Phi) is 7.83. The minimum absolute atomic E-state index is 0.0771. The molecule has 154 valence electrons. The summed E-state index contributed by atoms with van der Waals surface area (Å²) in [5.41, 5.74) is 0. The van der Waals surface area contributed by atoms with E-state index in [4.69, 9.17) is 0 Å². The van der Waals surface area contributed by atoms with Crippen molar-refractivity contribution >= 4 is 11.9 Å². The van der Waals surface area contributed by atoms with Gasteiger partial charge in [0.15, 0.2) is 0 Å². The van der Waals surface area contributed by atoms with Crippen molar-refractivity contribution in [1.82, 2.24) is 15.1 Å². The van der Waals surface area contributed by atoms with Crippen LogP contribution in [0, 0.1) is 17.8 Å². The molecule has 5 heteroatoms. The van der Waals surface area contributed by atoms with E-state index in [1.165, 1.54) is 44.9 Å². The Hall–Kier alpha value is -1.26. The van der Waals surface area contributed by atoms with Gasteiger partial charge in [0.05, 0.1) is 0 Å². The first-order valence-electron chi connectivity index (χ1n) is 11.5. The third-order valence-electron chi connectivity index (χ3n) is 7.13. The number of hydrogen-bond acceptors (Lipinski definition) is 2. The molecule has 0 aromatic heterocycles. The van der Waals surface area contributed by atoms with Crippen LogP contribution in [0.4, 0.5) is 4.79 Å². The molecule has 3 fully saturated rings. The molecule has 3 rings (SSSR count). The molecule has 2 saturated heterocycles. The van der Waals surface area contributed by atoms with Crippen LogP contribution in [0.15, 0.2) is 0 Å². The van der Waals surface area contributed by atoms with Crippen LogP contribution in [-0.4, -0.2) is 54.5 Å². The van der Waals surface area contributed by atoms with Gasteiger partial charge in [-0.3, -0.25) is 4.79 Å². The summed E-state index contributed by atoms with van der Waals surface area (Å²) in [6.07, 6.45) is 12.9. The molecule has 1 saturated carbocycles. The first-order valence-corrected chi connectivity index (χ1v) is 11.5. The van der Waals surface area contributed by atoms with E-state index in [0.717, 1.165) is 64.3 Å². The average molecular weight is 378 g/mol. The number of likely N-dealkylation sites (tertiary alicyclic amines) is 2. The van der Waals surface area contributed by atoms with Crippen molar-refractivity contribution in [2.75, 3.05) is 32.7 Å². The number of amides is 3. The van der Waals surface area contributed by atoms with E-state index >= 15 is 0 Å². The standard InChI is InChI=1S/C22H39N3O2/c1-2-18-7-9-19(10-8-18)17-23-22(27)25-15-11-20(12-16-25)21(26)24-13-5-3-4-6-14-24/h18-20H,2-17H2,1H3,(H,23,27). The first kappa shape index (κ1) is 20.5. The number of nitrogens with zero attached hydrogens (tertiary/aromatic N) is 2. The minimum atomic E-state index is 0.0771. The number of urea groups is 1. The third-order valence-corrected chi connectivity index (χ3v) is 7.13. The van der Waals surface area contributed by atoms with Crippen molar-refractivity contribution in [2.24, 2.45) is 17.8 Å². The van der Waals surface area contributed by atoms with Crippen LogP contribution in [-0.2, 0) is 4.79 Å². The fourth-order valence-corrected chi connectivity index (χ4v) is 5.07. The molecule has 2 heterocycles. The smallest absolute Gasteiger partial charge is 0.317 e. The summed E-state index contributed by atoms with van der Waals surface area (Å²) in [4.78, 5) is 29.3. The number of carbonyl (C=O) groups excluding carboxylic acids is 2. The lowest BCUT2D eigenvalue weighted by Gasteiger charge is -2.34. The molecule has 1 aliphatic carbocycles. The zero-order chi connectivity index (χ0) is 19.1. The molecular formula is C22H39N3O2. The Morgan fingerprint density at radius 1 is 0.778 bits per heavy atom. The number of rotatable bonds is 4. The van der Waals surface area contributed by atoms with Crippen LogP contribution in [0.3, 0.4) is 0 Å². The predicted octanol–water partition coefficient (Wildman–Crippen LogP) is 4.03. The summed E-state index contributed by atoms with van der Waals surface area (Å²) < 4.78 is 0. The van der Waals surface area contributed by atoms with E-state index < -0.39 is 0 Å². The highest BCUT2D eigenvalue weighted by atomic mass is 16.2. The van der Waals surface area contributed by atoms with E-state index in [2.05, 4.69) is 17.1 Å².